The zero-order chi connectivity index (χ0) is 14.1. The average Bonchev–Trinajstić information content (AvgIpc) is 3.08. The van der Waals surface area contributed by atoms with Crippen LogP contribution in [0.5, 0.6) is 0 Å². The summed E-state index contributed by atoms with van der Waals surface area (Å²) in [4.78, 5) is 23.2. The van der Waals surface area contributed by atoms with Crippen LogP contribution in [0.3, 0.4) is 0 Å². The minimum atomic E-state index is -0.973. The van der Waals surface area contributed by atoms with E-state index in [1.54, 1.807) is 19.2 Å². The lowest BCUT2D eigenvalue weighted by Crippen LogP contribution is -2.18. The first kappa shape index (κ1) is 12.7. The van der Waals surface area contributed by atoms with E-state index in [0.29, 0.717) is 30.2 Å². The van der Waals surface area contributed by atoms with Gasteiger partial charge in [-0.2, -0.15) is 4.98 Å². The van der Waals surface area contributed by atoms with Gasteiger partial charge >= 0.3 is 5.97 Å². The maximum Gasteiger partial charge on any atom is 0.332 e. The molecule has 0 amide bonds. The SMILES string of the molecule is Cc1nccc(-c2noc(C3CCC(C(=O)O)O3)n2)n1. The van der Waals surface area contributed by atoms with Crippen LogP contribution >= 0.6 is 0 Å². The van der Waals surface area contributed by atoms with Gasteiger partial charge in [-0.25, -0.2) is 14.8 Å². The maximum atomic E-state index is 10.8. The highest BCUT2D eigenvalue weighted by Crippen LogP contribution is 2.32. The molecule has 8 nitrogen and oxygen atoms in total. The topological polar surface area (TPSA) is 111 Å². The predicted molar refractivity (Wildman–Crippen MR) is 64.5 cm³/mol. The summed E-state index contributed by atoms with van der Waals surface area (Å²) in [6, 6.07) is 1.68. The van der Waals surface area contributed by atoms with Gasteiger partial charge in [0.2, 0.25) is 5.82 Å². The molecule has 1 aliphatic rings. The van der Waals surface area contributed by atoms with Gasteiger partial charge < -0.3 is 14.4 Å². The van der Waals surface area contributed by atoms with Crippen molar-refractivity contribution in [1.29, 1.82) is 0 Å². The molecule has 1 fully saturated rings. The number of nitrogens with zero attached hydrogens (tertiary/aromatic N) is 4. The van der Waals surface area contributed by atoms with Crippen LogP contribution in [0.15, 0.2) is 16.8 Å². The lowest BCUT2D eigenvalue weighted by Gasteiger charge is -2.05. The third-order valence-corrected chi connectivity index (χ3v) is 3.02. The summed E-state index contributed by atoms with van der Waals surface area (Å²) in [5, 5.41) is 12.7. The quantitative estimate of drug-likeness (QED) is 0.888. The Labute approximate surface area is 113 Å². The summed E-state index contributed by atoms with van der Waals surface area (Å²) >= 11 is 0. The van der Waals surface area contributed by atoms with Gasteiger partial charge in [0.05, 0.1) is 0 Å². The molecule has 1 N–H and O–H groups in total. The normalized spacial score (nSPS) is 22.1. The summed E-state index contributed by atoms with van der Waals surface area (Å²) < 4.78 is 10.5. The number of carboxylic acids is 1. The molecule has 1 aliphatic heterocycles. The molecule has 0 radical (unpaired) electrons. The summed E-state index contributed by atoms with van der Waals surface area (Å²) in [5.41, 5.74) is 0.556. The molecule has 3 heterocycles. The van der Waals surface area contributed by atoms with Gasteiger partial charge in [0.25, 0.3) is 5.89 Å². The van der Waals surface area contributed by atoms with Gasteiger partial charge in [-0.15, -0.1) is 0 Å². The Morgan fingerprint density at radius 2 is 2.25 bits per heavy atom. The van der Waals surface area contributed by atoms with Crippen molar-refractivity contribution >= 4 is 5.97 Å². The zero-order valence-corrected chi connectivity index (χ0v) is 10.7. The van der Waals surface area contributed by atoms with E-state index in [2.05, 4.69) is 20.1 Å². The van der Waals surface area contributed by atoms with Crippen LogP contribution in [0.25, 0.3) is 11.5 Å². The minimum absolute atomic E-state index is 0.278. The van der Waals surface area contributed by atoms with Crippen molar-refractivity contribution in [2.45, 2.75) is 32.0 Å². The van der Waals surface area contributed by atoms with Crippen LogP contribution in [0.2, 0.25) is 0 Å². The van der Waals surface area contributed by atoms with Crippen molar-refractivity contribution in [2.24, 2.45) is 0 Å². The van der Waals surface area contributed by atoms with Gasteiger partial charge in [0.15, 0.2) is 6.10 Å². The van der Waals surface area contributed by atoms with Crippen molar-refractivity contribution in [1.82, 2.24) is 20.1 Å². The third-order valence-electron chi connectivity index (χ3n) is 3.02. The Balaban J connectivity index is 1.79. The van der Waals surface area contributed by atoms with Crippen molar-refractivity contribution in [3.05, 3.63) is 24.0 Å². The van der Waals surface area contributed by atoms with E-state index < -0.39 is 18.2 Å². The van der Waals surface area contributed by atoms with Crippen LogP contribution in [-0.2, 0) is 9.53 Å². The largest absolute Gasteiger partial charge is 0.479 e. The first-order valence-electron chi connectivity index (χ1n) is 6.15. The van der Waals surface area contributed by atoms with E-state index in [1.165, 1.54) is 0 Å². The van der Waals surface area contributed by atoms with E-state index in [9.17, 15) is 4.79 Å². The Bertz CT molecular complexity index is 642. The molecule has 20 heavy (non-hydrogen) atoms. The molecule has 8 heteroatoms. The molecule has 2 atom stereocenters. The van der Waals surface area contributed by atoms with E-state index in [1.807, 2.05) is 0 Å². The fourth-order valence-electron chi connectivity index (χ4n) is 2.05. The fraction of sp³-hybridized carbons (Fsp3) is 0.417. The predicted octanol–water partition coefficient (Wildman–Crippen LogP) is 1.14. The van der Waals surface area contributed by atoms with E-state index >= 15 is 0 Å². The molecule has 2 aromatic heterocycles. The summed E-state index contributed by atoms with van der Waals surface area (Å²) in [6.45, 7) is 1.77. The molecular formula is C12H12N4O4. The smallest absolute Gasteiger partial charge is 0.332 e. The molecule has 0 aliphatic carbocycles. The lowest BCUT2D eigenvalue weighted by molar-refractivity contribution is -0.150. The number of hydrogen-bond donors (Lipinski definition) is 1. The molecule has 0 aromatic carbocycles. The fourth-order valence-corrected chi connectivity index (χ4v) is 2.05. The number of carboxylic acid groups (broad SMARTS) is 1. The summed E-state index contributed by atoms with van der Waals surface area (Å²) in [7, 11) is 0. The molecule has 0 spiro atoms. The molecule has 104 valence electrons. The number of aliphatic carboxylic acids is 1. The molecule has 1 saturated heterocycles. The average molecular weight is 276 g/mol. The van der Waals surface area contributed by atoms with Crippen molar-refractivity contribution in [3.63, 3.8) is 0 Å². The maximum absolute atomic E-state index is 10.8. The van der Waals surface area contributed by atoms with Crippen LogP contribution in [0.4, 0.5) is 0 Å². The second-order valence-corrected chi connectivity index (χ2v) is 4.47. The highest BCUT2D eigenvalue weighted by molar-refractivity contribution is 5.72. The van der Waals surface area contributed by atoms with Gasteiger partial charge in [0.1, 0.15) is 17.6 Å². The zero-order valence-electron chi connectivity index (χ0n) is 10.7. The molecule has 0 saturated carbocycles. The Hall–Kier alpha value is -2.35. The van der Waals surface area contributed by atoms with Crippen molar-refractivity contribution < 1.29 is 19.2 Å². The number of aromatic nitrogens is 4. The Morgan fingerprint density at radius 3 is 2.95 bits per heavy atom. The van der Waals surface area contributed by atoms with E-state index in [0.717, 1.165) is 0 Å². The molecular weight excluding hydrogens is 264 g/mol. The summed E-state index contributed by atoms with van der Waals surface area (Å²) in [6.07, 6.45) is 1.31. The lowest BCUT2D eigenvalue weighted by atomic mass is 10.2. The number of ether oxygens (including phenoxy) is 1. The highest BCUT2D eigenvalue weighted by Gasteiger charge is 2.34. The van der Waals surface area contributed by atoms with Crippen LogP contribution < -0.4 is 0 Å². The van der Waals surface area contributed by atoms with Gasteiger partial charge in [-0.3, -0.25) is 0 Å². The van der Waals surface area contributed by atoms with Gasteiger partial charge in [-0.1, -0.05) is 5.16 Å². The van der Waals surface area contributed by atoms with Crippen LogP contribution in [-0.4, -0.2) is 37.3 Å². The van der Waals surface area contributed by atoms with E-state index in [-0.39, 0.29) is 5.89 Å². The second-order valence-electron chi connectivity index (χ2n) is 4.47. The Kier molecular flexibility index (Phi) is 3.15. The first-order chi connectivity index (χ1) is 9.63. The Morgan fingerprint density at radius 1 is 1.40 bits per heavy atom. The molecule has 2 unspecified atom stereocenters. The number of carbonyl (C=O) groups is 1. The van der Waals surface area contributed by atoms with Crippen molar-refractivity contribution in [3.8, 4) is 11.5 Å². The second kappa shape index (κ2) is 4.97. The monoisotopic (exact) mass is 276 g/mol. The van der Waals surface area contributed by atoms with Crippen LogP contribution in [0, 0.1) is 6.92 Å². The first-order valence-corrected chi connectivity index (χ1v) is 6.15. The number of hydrogen-bond acceptors (Lipinski definition) is 7. The van der Waals surface area contributed by atoms with Crippen molar-refractivity contribution in [2.75, 3.05) is 0 Å². The van der Waals surface area contributed by atoms with Gasteiger partial charge in [-0.05, 0) is 25.8 Å². The summed E-state index contributed by atoms with van der Waals surface area (Å²) in [5.74, 6) is 0.253. The van der Waals surface area contributed by atoms with Crippen LogP contribution in [0.1, 0.15) is 30.7 Å². The highest BCUT2D eigenvalue weighted by atomic mass is 16.5. The standard InChI is InChI=1S/C12H12N4O4/c1-6-13-5-4-7(14-6)10-15-11(20-16-10)8-2-3-9(19-8)12(17)18/h4-5,8-9H,2-3H2,1H3,(H,17,18). The molecule has 3 rings (SSSR count). The number of aryl methyl sites for hydroxylation is 1. The van der Waals surface area contributed by atoms with E-state index in [4.69, 9.17) is 14.4 Å². The molecule has 0 bridgehead atoms. The third kappa shape index (κ3) is 2.37. The molecule has 2 aromatic rings. The van der Waals surface area contributed by atoms with Gasteiger partial charge in [0, 0.05) is 6.20 Å². The minimum Gasteiger partial charge on any atom is -0.479 e. The number of rotatable bonds is 3.